The maximum absolute atomic E-state index is 12.7. The second-order valence-electron chi connectivity index (χ2n) is 5.70. The first-order valence-electron chi connectivity index (χ1n) is 7.54. The molecule has 1 aliphatic rings. The smallest absolute Gasteiger partial charge is 0.241 e. The van der Waals surface area contributed by atoms with Crippen molar-refractivity contribution >= 4 is 27.5 Å². The second kappa shape index (κ2) is 6.55. The van der Waals surface area contributed by atoms with E-state index in [-0.39, 0.29) is 6.04 Å². The number of sulfonamides is 1. The lowest BCUT2D eigenvalue weighted by molar-refractivity contribution is 0.507. The van der Waals surface area contributed by atoms with Crippen LogP contribution in [0.5, 0.6) is 0 Å². The highest BCUT2D eigenvalue weighted by Gasteiger charge is 2.26. The van der Waals surface area contributed by atoms with Gasteiger partial charge >= 0.3 is 0 Å². The van der Waals surface area contributed by atoms with Gasteiger partial charge in [0.2, 0.25) is 10.0 Å². The Balaban J connectivity index is 1.90. The molecule has 0 aromatic heterocycles. The van der Waals surface area contributed by atoms with Crippen LogP contribution in [0.3, 0.4) is 0 Å². The molecule has 3 rings (SSSR count). The summed E-state index contributed by atoms with van der Waals surface area (Å²) in [4.78, 5) is 1.25. The Morgan fingerprint density at radius 3 is 2.83 bits per heavy atom. The molecule has 0 bridgehead atoms. The van der Waals surface area contributed by atoms with Crippen LogP contribution in [-0.2, 0) is 16.4 Å². The Morgan fingerprint density at radius 2 is 2.04 bits per heavy atom. The van der Waals surface area contributed by atoms with Gasteiger partial charge in [0.15, 0.2) is 0 Å². The number of anilines is 1. The van der Waals surface area contributed by atoms with Crippen LogP contribution in [0.25, 0.3) is 0 Å². The van der Waals surface area contributed by atoms with Crippen LogP contribution in [0.4, 0.5) is 5.69 Å². The molecule has 1 atom stereocenters. The van der Waals surface area contributed by atoms with E-state index in [1.165, 1.54) is 11.8 Å². The first-order chi connectivity index (χ1) is 11.0. The second-order valence-corrected chi connectivity index (χ2v) is 8.30. The molecule has 3 N–H and O–H groups in total. The molecule has 23 heavy (non-hydrogen) atoms. The van der Waals surface area contributed by atoms with Gasteiger partial charge in [0, 0.05) is 16.6 Å². The maximum atomic E-state index is 12.7. The zero-order valence-corrected chi connectivity index (χ0v) is 14.6. The van der Waals surface area contributed by atoms with E-state index in [1.54, 1.807) is 18.2 Å². The number of fused-ring (bicyclic) bond motifs is 1. The third-order valence-corrected chi connectivity index (χ3v) is 6.32. The van der Waals surface area contributed by atoms with Gasteiger partial charge in [-0.05, 0) is 67.0 Å². The molecular weight excluding hydrogens is 328 g/mol. The highest BCUT2D eigenvalue weighted by Crippen LogP contribution is 2.32. The molecule has 0 fully saturated rings. The quantitative estimate of drug-likeness (QED) is 0.656. The Hall–Kier alpha value is -1.50. The maximum Gasteiger partial charge on any atom is 0.241 e. The Kier molecular flexibility index (Phi) is 4.66. The minimum atomic E-state index is -3.54. The topological polar surface area (TPSA) is 72.2 Å². The van der Waals surface area contributed by atoms with E-state index in [9.17, 15) is 8.42 Å². The highest BCUT2D eigenvalue weighted by molar-refractivity contribution is 7.98. The van der Waals surface area contributed by atoms with E-state index in [0.717, 1.165) is 41.0 Å². The van der Waals surface area contributed by atoms with Crippen LogP contribution >= 0.6 is 11.8 Å². The van der Waals surface area contributed by atoms with Crippen LogP contribution in [0.2, 0.25) is 0 Å². The zero-order chi connectivity index (χ0) is 16.4. The summed E-state index contributed by atoms with van der Waals surface area (Å²) >= 11 is 1.53. The van der Waals surface area contributed by atoms with Gasteiger partial charge in [0.1, 0.15) is 0 Å². The molecule has 0 heterocycles. The normalized spacial score (nSPS) is 17.7. The van der Waals surface area contributed by atoms with Crippen molar-refractivity contribution in [3.05, 3.63) is 53.6 Å². The lowest BCUT2D eigenvalue weighted by Crippen LogP contribution is -2.31. The van der Waals surface area contributed by atoms with Crippen molar-refractivity contribution in [3.8, 4) is 0 Å². The average Bonchev–Trinajstić information content (AvgIpc) is 2.54. The summed E-state index contributed by atoms with van der Waals surface area (Å²) in [7, 11) is -3.54. The van der Waals surface area contributed by atoms with Gasteiger partial charge in [-0.2, -0.15) is 0 Å². The molecule has 0 spiro atoms. The fourth-order valence-electron chi connectivity index (χ4n) is 2.98. The van der Waals surface area contributed by atoms with Crippen molar-refractivity contribution in [1.82, 2.24) is 4.72 Å². The molecule has 2 aromatic rings. The van der Waals surface area contributed by atoms with Crippen molar-refractivity contribution in [2.45, 2.75) is 35.1 Å². The molecule has 0 amide bonds. The molecule has 122 valence electrons. The van der Waals surface area contributed by atoms with Gasteiger partial charge in [-0.1, -0.05) is 12.1 Å². The van der Waals surface area contributed by atoms with Crippen molar-refractivity contribution in [1.29, 1.82) is 0 Å². The predicted molar refractivity (Wildman–Crippen MR) is 95.1 cm³/mol. The lowest BCUT2D eigenvalue weighted by Gasteiger charge is -2.26. The third-order valence-electron chi connectivity index (χ3n) is 4.13. The molecule has 1 aliphatic carbocycles. The zero-order valence-electron chi connectivity index (χ0n) is 13.0. The van der Waals surface area contributed by atoms with Crippen LogP contribution in [0.1, 0.15) is 30.0 Å². The van der Waals surface area contributed by atoms with E-state index >= 15 is 0 Å². The van der Waals surface area contributed by atoms with Crippen molar-refractivity contribution in [2.75, 3.05) is 12.0 Å². The van der Waals surface area contributed by atoms with E-state index < -0.39 is 10.0 Å². The largest absolute Gasteiger partial charge is 0.399 e. The number of nitrogens with one attached hydrogen (secondary N) is 1. The van der Waals surface area contributed by atoms with Crippen LogP contribution in [0.15, 0.2) is 52.3 Å². The lowest BCUT2D eigenvalue weighted by atomic mass is 9.88. The van der Waals surface area contributed by atoms with Gasteiger partial charge in [0.05, 0.1) is 4.90 Å². The Bertz CT molecular complexity index is 819. The van der Waals surface area contributed by atoms with Gasteiger partial charge in [0.25, 0.3) is 0 Å². The van der Waals surface area contributed by atoms with Crippen LogP contribution in [0, 0.1) is 0 Å². The number of thioether (sulfide) groups is 1. The van der Waals surface area contributed by atoms with Crippen molar-refractivity contribution < 1.29 is 8.42 Å². The molecular formula is C17H20N2O2S2. The summed E-state index contributed by atoms with van der Waals surface area (Å²) in [6.07, 6.45) is 4.63. The monoisotopic (exact) mass is 348 g/mol. The van der Waals surface area contributed by atoms with Gasteiger partial charge in [-0.25, -0.2) is 13.1 Å². The first-order valence-corrected chi connectivity index (χ1v) is 10.2. The number of nitrogen functional groups attached to an aromatic ring is 1. The fourth-order valence-corrected chi connectivity index (χ4v) is 4.81. The summed E-state index contributed by atoms with van der Waals surface area (Å²) < 4.78 is 28.3. The van der Waals surface area contributed by atoms with Crippen LogP contribution in [-0.4, -0.2) is 14.7 Å². The van der Waals surface area contributed by atoms with E-state index in [0.29, 0.717) is 4.90 Å². The Morgan fingerprint density at radius 1 is 1.22 bits per heavy atom. The number of hydrogen-bond donors (Lipinski definition) is 2. The first kappa shape index (κ1) is 16.4. The number of rotatable bonds is 4. The summed E-state index contributed by atoms with van der Waals surface area (Å²) in [6.45, 7) is 0. The number of hydrogen-bond acceptors (Lipinski definition) is 4. The predicted octanol–water partition coefficient (Wildman–Crippen LogP) is 3.35. The molecule has 6 heteroatoms. The molecule has 0 saturated heterocycles. The van der Waals surface area contributed by atoms with E-state index in [2.05, 4.69) is 4.72 Å². The molecule has 0 radical (unpaired) electrons. The minimum absolute atomic E-state index is 0.192. The molecule has 4 nitrogen and oxygen atoms in total. The molecule has 0 aliphatic heterocycles. The number of nitrogens with two attached hydrogens (primary N) is 1. The van der Waals surface area contributed by atoms with Crippen molar-refractivity contribution in [2.24, 2.45) is 0 Å². The van der Waals surface area contributed by atoms with Crippen molar-refractivity contribution in [3.63, 3.8) is 0 Å². The highest BCUT2D eigenvalue weighted by atomic mass is 32.2. The van der Waals surface area contributed by atoms with Gasteiger partial charge < -0.3 is 5.73 Å². The van der Waals surface area contributed by atoms with Gasteiger partial charge in [-0.3, -0.25) is 0 Å². The Labute approximate surface area is 141 Å². The van der Waals surface area contributed by atoms with E-state index in [1.807, 2.05) is 30.5 Å². The number of benzene rings is 2. The summed E-state index contributed by atoms with van der Waals surface area (Å²) in [6, 6.07) is 12.5. The average molecular weight is 348 g/mol. The third kappa shape index (κ3) is 3.54. The molecule has 1 unspecified atom stereocenters. The fraction of sp³-hybridized carbons (Fsp3) is 0.294. The minimum Gasteiger partial charge on any atom is -0.399 e. The molecule has 0 saturated carbocycles. The summed E-state index contributed by atoms with van der Waals surface area (Å²) in [5.74, 6) is 0. The van der Waals surface area contributed by atoms with Crippen LogP contribution < -0.4 is 10.5 Å². The van der Waals surface area contributed by atoms with E-state index in [4.69, 9.17) is 5.73 Å². The number of aryl methyl sites for hydroxylation is 1. The summed E-state index contributed by atoms with van der Waals surface area (Å²) in [5.41, 5.74) is 8.74. The standard InChI is InChI=1S/C17H20N2O2S2/c1-22-14-5-3-6-15(11-14)23(20,21)19-17-7-2-4-12-10-13(18)8-9-16(12)17/h3,5-6,8-11,17,19H,2,4,7,18H2,1H3. The van der Waals surface area contributed by atoms with Gasteiger partial charge in [-0.15, -0.1) is 11.8 Å². The summed E-state index contributed by atoms with van der Waals surface area (Å²) in [5, 5.41) is 0. The SMILES string of the molecule is CSc1cccc(S(=O)(=O)NC2CCCc3cc(N)ccc32)c1. The molecule has 2 aromatic carbocycles.